The molecule has 122 valence electrons. The van der Waals surface area contributed by atoms with E-state index in [1.807, 2.05) is 6.92 Å². The van der Waals surface area contributed by atoms with Crippen molar-refractivity contribution in [2.75, 3.05) is 40.0 Å². The van der Waals surface area contributed by atoms with Crippen molar-refractivity contribution in [1.82, 2.24) is 14.5 Å². The van der Waals surface area contributed by atoms with E-state index in [1.165, 1.54) is 11.4 Å². The number of nitrogens with one attached hydrogen (secondary N) is 1. The van der Waals surface area contributed by atoms with Crippen LogP contribution in [0.25, 0.3) is 0 Å². The Hall–Kier alpha value is -1.64. The monoisotopic (exact) mass is 327 g/mol. The fourth-order valence-electron chi connectivity index (χ4n) is 2.24. The van der Waals surface area contributed by atoms with Gasteiger partial charge >= 0.3 is 6.03 Å². The Morgan fingerprint density at radius 2 is 1.77 bits per heavy atom. The second-order valence-electron chi connectivity index (χ2n) is 5.12. The van der Waals surface area contributed by atoms with Gasteiger partial charge in [-0.3, -0.25) is 0 Å². The Balaban J connectivity index is 1.98. The molecule has 0 aliphatic carbocycles. The molecule has 7 nitrogen and oxygen atoms in total. The van der Waals surface area contributed by atoms with Gasteiger partial charge < -0.3 is 15.0 Å². The fourth-order valence-corrected chi connectivity index (χ4v) is 3.66. The molecule has 0 atom stereocenters. The number of hydrogen-bond donors (Lipinski definition) is 1. The van der Waals surface area contributed by atoms with Crippen LogP contribution in [0.1, 0.15) is 5.56 Å². The first-order valence-corrected chi connectivity index (χ1v) is 8.47. The van der Waals surface area contributed by atoms with Gasteiger partial charge in [0.25, 0.3) is 0 Å². The van der Waals surface area contributed by atoms with E-state index in [0.29, 0.717) is 13.1 Å². The number of aryl methyl sites for hydroxylation is 1. The maximum absolute atomic E-state index is 12.5. The molecule has 0 aromatic heterocycles. The molecule has 0 spiro atoms. The van der Waals surface area contributed by atoms with Crippen LogP contribution in [0.5, 0.6) is 0 Å². The summed E-state index contributed by atoms with van der Waals surface area (Å²) in [5, 5.41) is 2.59. The van der Waals surface area contributed by atoms with Crippen LogP contribution in [0.15, 0.2) is 29.2 Å². The van der Waals surface area contributed by atoms with Crippen LogP contribution in [0, 0.1) is 6.92 Å². The lowest BCUT2D eigenvalue weighted by atomic mass is 10.2. The van der Waals surface area contributed by atoms with Gasteiger partial charge in [0.15, 0.2) is 0 Å². The second kappa shape index (κ2) is 7.08. The number of methoxy groups -OCH3 is 1. The lowest BCUT2D eigenvalue weighted by molar-refractivity contribution is 0.142. The fraction of sp³-hybridized carbons (Fsp3) is 0.500. The Bertz CT molecular complexity index is 607. The number of piperazine rings is 1. The average molecular weight is 327 g/mol. The molecule has 0 unspecified atom stereocenters. The summed E-state index contributed by atoms with van der Waals surface area (Å²) in [6.07, 6.45) is 0. The van der Waals surface area contributed by atoms with Crippen LogP contribution in [-0.2, 0) is 14.8 Å². The molecule has 1 N–H and O–H groups in total. The molecule has 0 radical (unpaired) electrons. The van der Waals surface area contributed by atoms with E-state index in [0.717, 1.165) is 5.56 Å². The van der Waals surface area contributed by atoms with Crippen LogP contribution in [0.2, 0.25) is 0 Å². The van der Waals surface area contributed by atoms with Crippen LogP contribution in [0.4, 0.5) is 4.79 Å². The van der Waals surface area contributed by atoms with Crippen LogP contribution in [0.3, 0.4) is 0 Å². The highest BCUT2D eigenvalue weighted by atomic mass is 32.2. The van der Waals surface area contributed by atoms with Crippen molar-refractivity contribution in [2.45, 2.75) is 11.8 Å². The van der Waals surface area contributed by atoms with Gasteiger partial charge in [-0.15, -0.1) is 0 Å². The predicted octanol–water partition coefficient (Wildman–Crippen LogP) is 0.615. The van der Waals surface area contributed by atoms with Crippen LogP contribution in [-0.4, -0.2) is 63.7 Å². The number of nitrogens with zero attached hydrogens (tertiary/aromatic N) is 2. The molecule has 1 saturated heterocycles. The molecule has 1 aliphatic heterocycles. The molecular weight excluding hydrogens is 306 g/mol. The van der Waals surface area contributed by atoms with Crippen molar-refractivity contribution >= 4 is 16.1 Å². The van der Waals surface area contributed by atoms with Gasteiger partial charge in [-0.05, 0) is 19.1 Å². The Morgan fingerprint density at radius 1 is 1.18 bits per heavy atom. The summed E-state index contributed by atoms with van der Waals surface area (Å²) >= 11 is 0. The smallest absolute Gasteiger partial charge is 0.319 e. The minimum absolute atomic E-state index is 0.140. The topological polar surface area (TPSA) is 79.0 Å². The average Bonchev–Trinajstić information content (AvgIpc) is 2.53. The van der Waals surface area contributed by atoms with Gasteiger partial charge in [-0.2, -0.15) is 4.31 Å². The number of hydrogen-bond acceptors (Lipinski definition) is 4. The highest BCUT2D eigenvalue weighted by molar-refractivity contribution is 7.89. The van der Waals surface area contributed by atoms with E-state index in [1.54, 1.807) is 29.2 Å². The van der Waals surface area contributed by atoms with Crippen molar-refractivity contribution in [3.8, 4) is 0 Å². The van der Waals surface area contributed by atoms with Gasteiger partial charge in [0.1, 0.15) is 6.73 Å². The first-order chi connectivity index (χ1) is 10.4. The molecule has 22 heavy (non-hydrogen) atoms. The summed E-state index contributed by atoms with van der Waals surface area (Å²) in [6.45, 7) is 3.35. The molecule has 1 heterocycles. The van der Waals surface area contributed by atoms with Crippen molar-refractivity contribution in [3.05, 3.63) is 29.8 Å². The number of urea groups is 1. The molecule has 2 amide bonds. The van der Waals surface area contributed by atoms with Gasteiger partial charge in [0.05, 0.1) is 4.90 Å². The van der Waals surface area contributed by atoms with Crippen molar-refractivity contribution in [3.63, 3.8) is 0 Å². The van der Waals surface area contributed by atoms with Crippen LogP contribution >= 0.6 is 0 Å². The van der Waals surface area contributed by atoms with Crippen LogP contribution < -0.4 is 5.32 Å². The Kier molecular flexibility index (Phi) is 5.38. The highest BCUT2D eigenvalue weighted by Crippen LogP contribution is 2.18. The number of carbonyl (C=O) groups is 1. The predicted molar refractivity (Wildman–Crippen MR) is 81.9 cm³/mol. The molecular formula is C14H21N3O4S. The zero-order valence-electron chi connectivity index (χ0n) is 12.8. The van der Waals surface area contributed by atoms with Crippen molar-refractivity contribution in [1.29, 1.82) is 0 Å². The zero-order chi connectivity index (χ0) is 16.2. The minimum atomic E-state index is -3.49. The van der Waals surface area contributed by atoms with E-state index in [9.17, 15) is 13.2 Å². The summed E-state index contributed by atoms with van der Waals surface area (Å²) in [4.78, 5) is 13.7. The molecule has 2 rings (SSSR count). The molecule has 0 saturated carbocycles. The van der Waals surface area contributed by atoms with Gasteiger partial charge in [-0.1, -0.05) is 17.7 Å². The van der Waals surface area contributed by atoms with Crippen molar-refractivity contribution < 1.29 is 17.9 Å². The maximum atomic E-state index is 12.5. The highest BCUT2D eigenvalue weighted by Gasteiger charge is 2.29. The lowest BCUT2D eigenvalue weighted by Gasteiger charge is -2.33. The first-order valence-electron chi connectivity index (χ1n) is 7.03. The third-order valence-corrected chi connectivity index (χ3v) is 5.47. The standard InChI is InChI=1S/C14H21N3O4S/c1-12-3-5-13(6-4-12)22(19,20)17-9-7-16(8-10-17)14(18)15-11-21-2/h3-6H,7-11H2,1-2H3,(H,15,18). The van der Waals surface area contributed by atoms with Crippen molar-refractivity contribution in [2.24, 2.45) is 0 Å². The first kappa shape index (κ1) is 16.7. The molecule has 1 aliphatic rings. The molecule has 8 heteroatoms. The van der Waals surface area contributed by atoms with E-state index < -0.39 is 10.0 Å². The summed E-state index contributed by atoms with van der Waals surface area (Å²) < 4.78 is 31.3. The Labute approximate surface area is 130 Å². The number of benzene rings is 1. The number of rotatable bonds is 4. The number of amides is 2. The molecule has 1 aromatic carbocycles. The largest absolute Gasteiger partial charge is 0.364 e. The normalized spacial score (nSPS) is 16.5. The van der Waals surface area contributed by atoms with E-state index in [4.69, 9.17) is 4.74 Å². The van der Waals surface area contributed by atoms with Gasteiger partial charge in [0.2, 0.25) is 10.0 Å². The number of sulfonamides is 1. The summed E-state index contributed by atoms with van der Waals surface area (Å²) in [5.74, 6) is 0. The van der Waals surface area contributed by atoms with Gasteiger partial charge in [-0.25, -0.2) is 13.2 Å². The number of ether oxygens (including phenoxy) is 1. The van der Waals surface area contributed by atoms with E-state index in [-0.39, 0.29) is 30.7 Å². The molecule has 1 aromatic rings. The zero-order valence-corrected chi connectivity index (χ0v) is 13.6. The van der Waals surface area contributed by atoms with E-state index in [2.05, 4.69) is 5.32 Å². The third kappa shape index (κ3) is 3.76. The number of carbonyl (C=O) groups excluding carboxylic acids is 1. The molecule has 1 fully saturated rings. The second-order valence-corrected chi connectivity index (χ2v) is 7.06. The SMILES string of the molecule is COCNC(=O)N1CCN(S(=O)(=O)c2ccc(C)cc2)CC1. The van der Waals surface area contributed by atoms with E-state index >= 15 is 0 Å². The lowest BCUT2D eigenvalue weighted by Crippen LogP contribution is -2.53. The summed E-state index contributed by atoms with van der Waals surface area (Å²) in [7, 11) is -2.00. The van der Waals surface area contributed by atoms with Gasteiger partial charge in [0, 0.05) is 33.3 Å². The third-order valence-electron chi connectivity index (χ3n) is 3.55. The quantitative estimate of drug-likeness (QED) is 0.822. The summed E-state index contributed by atoms with van der Waals surface area (Å²) in [6, 6.07) is 6.54. The summed E-state index contributed by atoms with van der Waals surface area (Å²) in [5.41, 5.74) is 1.01. The Morgan fingerprint density at radius 3 is 2.32 bits per heavy atom. The molecule has 0 bridgehead atoms. The minimum Gasteiger partial charge on any atom is -0.364 e. The maximum Gasteiger partial charge on any atom is 0.319 e.